The number of nitrogens with zero attached hydrogens (tertiary/aromatic N) is 1. The fraction of sp³-hybridized carbons (Fsp3) is 0.115. The van der Waals surface area contributed by atoms with E-state index in [0.717, 1.165) is 45.0 Å². The maximum Gasteiger partial charge on any atom is 0.251 e. The Hall–Kier alpha value is -3.95. The summed E-state index contributed by atoms with van der Waals surface area (Å²) < 4.78 is 34.9. The van der Waals surface area contributed by atoms with Crippen LogP contribution in [-0.2, 0) is 11.3 Å². The lowest BCUT2D eigenvalue weighted by Crippen LogP contribution is -2.24. The lowest BCUT2D eigenvalue weighted by Gasteiger charge is -2.17. The first kappa shape index (κ1) is 21.6. The van der Waals surface area contributed by atoms with E-state index in [1.165, 1.54) is 0 Å². The minimum Gasteiger partial charge on any atom is -0.384 e. The summed E-state index contributed by atoms with van der Waals surface area (Å²) >= 11 is 1.57. The van der Waals surface area contributed by atoms with Crippen LogP contribution in [-0.4, -0.2) is 16.7 Å². The van der Waals surface area contributed by atoms with Gasteiger partial charge in [-0.25, -0.2) is 13.8 Å². The van der Waals surface area contributed by atoms with Crippen molar-refractivity contribution in [2.24, 2.45) is 5.73 Å². The highest BCUT2D eigenvalue weighted by atomic mass is 32.1. The van der Waals surface area contributed by atoms with E-state index in [1.807, 2.05) is 17.5 Å². The van der Waals surface area contributed by atoms with E-state index in [9.17, 15) is 13.6 Å². The number of fused-ring (bicyclic) bond motifs is 8. The second-order valence-corrected chi connectivity index (χ2v) is 9.33. The number of nitrogens with one attached hydrogen (secondary N) is 2. The first-order chi connectivity index (χ1) is 16.9. The Balaban J connectivity index is 1.24. The lowest BCUT2D eigenvalue weighted by atomic mass is 9.84. The Kier molecular flexibility index (Phi) is 4.98. The van der Waals surface area contributed by atoms with Gasteiger partial charge < -0.3 is 15.8 Å². The molecular formula is C26H18F2N4O2S. The molecule has 0 saturated carbocycles. The van der Waals surface area contributed by atoms with Crippen LogP contribution in [0, 0.1) is 17.0 Å². The number of carbonyl (C=O) groups excluding carboxylic acids is 1. The van der Waals surface area contributed by atoms with Gasteiger partial charge in [-0.05, 0) is 52.6 Å². The third-order valence-corrected chi connectivity index (χ3v) is 7.22. The van der Waals surface area contributed by atoms with Crippen LogP contribution < -0.4 is 11.1 Å². The number of hydrogen-bond donors (Lipinski definition) is 3. The van der Waals surface area contributed by atoms with Crippen molar-refractivity contribution in [2.45, 2.75) is 18.8 Å². The molecule has 3 heterocycles. The summed E-state index contributed by atoms with van der Waals surface area (Å²) in [6, 6.07) is 13.5. The van der Waals surface area contributed by atoms with Gasteiger partial charge in [-0.2, -0.15) is 0 Å². The van der Waals surface area contributed by atoms with Gasteiger partial charge in [0.2, 0.25) is 0 Å². The zero-order valence-corrected chi connectivity index (χ0v) is 19.0. The van der Waals surface area contributed by atoms with Gasteiger partial charge in [-0.3, -0.25) is 10.2 Å². The first-order valence-electron chi connectivity index (χ1n) is 10.8. The summed E-state index contributed by atoms with van der Waals surface area (Å²) in [4.78, 5) is 17.2. The predicted octanol–water partition coefficient (Wildman–Crippen LogP) is 4.82. The van der Waals surface area contributed by atoms with Crippen molar-refractivity contribution in [3.63, 3.8) is 0 Å². The monoisotopic (exact) mass is 488 g/mol. The van der Waals surface area contributed by atoms with Gasteiger partial charge in [0.1, 0.15) is 34.7 Å². The van der Waals surface area contributed by atoms with Gasteiger partial charge in [-0.1, -0.05) is 18.2 Å². The summed E-state index contributed by atoms with van der Waals surface area (Å²) in [6.07, 6.45) is 1.30. The lowest BCUT2D eigenvalue weighted by molar-refractivity contribution is 0.0857. The number of amidine groups is 1. The molecule has 1 amide bonds. The number of amides is 1. The number of aromatic nitrogens is 1. The molecule has 0 aliphatic carbocycles. The van der Waals surface area contributed by atoms with Crippen LogP contribution in [0.3, 0.4) is 0 Å². The number of benzene rings is 3. The summed E-state index contributed by atoms with van der Waals surface area (Å²) in [6.45, 7) is -0.339. The fourth-order valence-corrected chi connectivity index (χ4v) is 5.32. The number of nitrogens with two attached hydrogens (primary N) is 1. The van der Waals surface area contributed by atoms with Crippen LogP contribution in [0.15, 0.2) is 60.1 Å². The number of rotatable bonds is 5. The van der Waals surface area contributed by atoms with Crippen LogP contribution in [0.1, 0.15) is 55.9 Å². The molecule has 4 N–H and O–H groups in total. The van der Waals surface area contributed by atoms with E-state index in [4.69, 9.17) is 15.9 Å². The summed E-state index contributed by atoms with van der Waals surface area (Å²) in [5.41, 5.74) is 10.4. The molecule has 0 saturated heterocycles. The van der Waals surface area contributed by atoms with E-state index >= 15 is 0 Å². The van der Waals surface area contributed by atoms with Gasteiger partial charge in [0.15, 0.2) is 0 Å². The van der Waals surface area contributed by atoms with Crippen LogP contribution >= 0.6 is 11.3 Å². The van der Waals surface area contributed by atoms with E-state index in [-0.39, 0.29) is 29.9 Å². The molecule has 2 aliphatic rings. The van der Waals surface area contributed by atoms with Crippen molar-refractivity contribution < 1.29 is 18.3 Å². The first-order valence-corrected chi connectivity index (χ1v) is 11.7. The largest absolute Gasteiger partial charge is 0.384 e. The minimum atomic E-state index is -0.872. The molecular weight excluding hydrogens is 470 g/mol. The smallest absolute Gasteiger partial charge is 0.251 e. The fourth-order valence-electron chi connectivity index (χ4n) is 4.68. The van der Waals surface area contributed by atoms with Crippen LogP contribution in [0.2, 0.25) is 0 Å². The van der Waals surface area contributed by atoms with Crippen LogP contribution in [0.25, 0.3) is 10.6 Å². The molecule has 9 heteroatoms. The molecule has 0 spiro atoms. The Labute approximate surface area is 202 Å². The van der Waals surface area contributed by atoms with E-state index < -0.39 is 23.4 Å². The topological polar surface area (TPSA) is 101 Å². The third-order valence-electron chi connectivity index (χ3n) is 6.39. The number of hydrogen-bond acceptors (Lipinski definition) is 5. The number of halogens is 2. The van der Waals surface area contributed by atoms with Gasteiger partial charge >= 0.3 is 0 Å². The Morgan fingerprint density at radius 1 is 1.00 bits per heavy atom. The summed E-state index contributed by atoms with van der Waals surface area (Å²) in [5.74, 6) is -2.64. The quantitative estimate of drug-likeness (QED) is 0.277. The van der Waals surface area contributed by atoms with E-state index in [0.29, 0.717) is 5.56 Å². The second-order valence-electron chi connectivity index (χ2n) is 8.44. The van der Waals surface area contributed by atoms with Gasteiger partial charge in [0.05, 0.1) is 0 Å². The van der Waals surface area contributed by atoms with E-state index in [2.05, 4.69) is 22.4 Å². The van der Waals surface area contributed by atoms with Gasteiger partial charge in [0.25, 0.3) is 5.91 Å². The number of thiazole rings is 1. The Morgan fingerprint density at radius 3 is 2.37 bits per heavy atom. The average molecular weight is 489 g/mol. The molecule has 0 radical (unpaired) electrons. The predicted molar refractivity (Wildman–Crippen MR) is 127 cm³/mol. The second kappa shape index (κ2) is 8.07. The molecule has 0 fully saturated rings. The molecule has 2 atom stereocenters. The number of ether oxygens (including phenoxy) is 1. The van der Waals surface area contributed by atoms with Crippen molar-refractivity contribution in [3.05, 3.63) is 111 Å². The zero-order chi connectivity index (χ0) is 24.3. The Bertz CT molecular complexity index is 1500. The molecule has 1 aromatic heterocycles. The highest BCUT2D eigenvalue weighted by Gasteiger charge is 2.43. The molecule has 4 aromatic rings. The highest BCUT2D eigenvalue weighted by molar-refractivity contribution is 7.13. The number of carbonyl (C=O) groups is 1. The minimum absolute atomic E-state index is 0.0537. The van der Waals surface area contributed by atoms with Crippen molar-refractivity contribution in [2.75, 3.05) is 0 Å². The zero-order valence-electron chi connectivity index (χ0n) is 18.1. The SMILES string of the molecule is N=C(N)c1cc(F)c(CNC(=O)c2ccc3c(c2)C2OC3c3ccc(-c4nccs4)cc32)c(F)c1. The normalized spacial score (nSPS) is 17.2. The number of nitrogen functional groups attached to an aromatic ring is 1. The summed E-state index contributed by atoms with van der Waals surface area (Å²) in [5, 5.41) is 12.8. The highest BCUT2D eigenvalue weighted by Crippen LogP contribution is 2.54. The Morgan fingerprint density at radius 2 is 1.69 bits per heavy atom. The molecule has 6 rings (SSSR count). The van der Waals surface area contributed by atoms with Crippen molar-refractivity contribution in [1.82, 2.24) is 10.3 Å². The van der Waals surface area contributed by atoms with Crippen molar-refractivity contribution in [1.29, 1.82) is 5.41 Å². The van der Waals surface area contributed by atoms with Crippen LogP contribution in [0.5, 0.6) is 0 Å². The maximum atomic E-state index is 14.3. The van der Waals surface area contributed by atoms with Crippen molar-refractivity contribution >= 4 is 23.1 Å². The standard InChI is InChI=1S/C26H18F2N4O2S/c27-20-9-14(24(29)30)10-21(28)19(20)11-32-25(33)12-1-3-15-17(7-12)23-18-8-13(26-31-5-6-35-26)2-4-16(18)22(15)34-23/h1-10,22-23H,11H2,(H3,29,30)(H,32,33). The third kappa shape index (κ3) is 3.51. The van der Waals surface area contributed by atoms with Gasteiger partial charge in [0, 0.05) is 40.4 Å². The molecule has 2 aliphatic heterocycles. The molecule has 3 aromatic carbocycles. The molecule has 2 unspecified atom stereocenters. The van der Waals surface area contributed by atoms with Crippen LogP contribution in [0.4, 0.5) is 8.78 Å². The van der Waals surface area contributed by atoms with Gasteiger partial charge in [-0.15, -0.1) is 11.3 Å². The molecule has 174 valence electrons. The summed E-state index contributed by atoms with van der Waals surface area (Å²) in [7, 11) is 0. The molecule has 6 nitrogen and oxygen atoms in total. The molecule has 2 bridgehead atoms. The van der Waals surface area contributed by atoms with Crippen molar-refractivity contribution in [3.8, 4) is 10.6 Å². The maximum absolute atomic E-state index is 14.3. The van der Waals surface area contributed by atoms with E-state index in [1.54, 1.807) is 29.7 Å². The average Bonchev–Trinajstić information content (AvgIpc) is 3.59. The molecule has 35 heavy (non-hydrogen) atoms.